The van der Waals surface area contributed by atoms with Crippen LogP contribution in [0.3, 0.4) is 0 Å². The second-order valence-electron chi connectivity index (χ2n) is 3.52. The predicted octanol–water partition coefficient (Wildman–Crippen LogP) is 0.945. The summed E-state index contributed by atoms with van der Waals surface area (Å²) in [6, 6.07) is 0. The van der Waals surface area contributed by atoms with Crippen LogP contribution in [-0.2, 0) is 0 Å². The second-order valence-corrected chi connectivity index (χ2v) is 3.52. The second kappa shape index (κ2) is 2.86. The van der Waals surface area contributed by atoms with Crippen LogP contribution < -0.4 is 5.73 Å². The molecule has 3 heterocycles. The van der Waals surface area contributed by atoms with Crippen LogP contribution in [0.1, 0.15) is 19.3 Å². The highest BCUT2D eigenvalue weighted by molar-refractivity contribution is 5.11. The summed E-state index contributed by atoms with van der Waals surface area (Å²) in [5, 5.41) is 0. The first-order valence-electron chi connectivity index (χ1n) is 4.56. The lowest BCUT2D eigenvalue weighted by atomic mass is 9.90. The summed E-state index contributed by atoms with van der Waals surface area (Å²) >= 11 is 0. The zero-order valence-corrected chi connectivity index (χ0v) is 6.92. The molecule has 0 spiro atoms. The molecular weight excluding hydrogens is 136 g/mol. The Morgan fingerprint density at radius 2 is 2.18 bits per heavy atom. The third-order valence-corrected chi connectivity index (χ3v) is 2.77. The Kier molecular flexibility index (Phi) is 1.86. The van der Waals surface area contributed by atoms with E-state index in [4.69, 9.17) is 5.73 Å². The molecule has 3 aliphatic rings. The molecule has 0 unspecified atom stereocenters. The first-order valence-corrected chi connectivity index (χ1v) is 4.56. The molecule has 0 saturated carbocycles. The fraction of sp³-hybridized carbons (Fsp3) is 0.778. The van der Waals surface area contributed by atoms with Gasteiger partial charge in [0.05, 0.1) is 0 Å². The lowest BCUT2D eigenvalue weighted by Crippen LogP contribution is -2.38. The van der Waals surface area contributed by atoms with Gasteiger partial charge in [-0.15, -0.1) is 0 Å². The number of hydrogen-bond acceptors (Lipinski definition) is 2. The number of piperidine rings is 1. The van der Waals surface area contributed by atoms with Crippen LogP contribution >= 0.6 is 0 Å². The smallest absolute Gasteiger partial charge is 0.0180 e. The minimum atomic E-state index is 0.801. The number of fused-ring (bicyclic) bond motifs is 2. The molecule has 0 radical (unpaired) electrons. The van der Waals surface area contributed by atoms with Crippen LogP contribution in [0.5, 0.6) is 0 Å². The van der Waals surface area contributed by atoms with E-state index in [-0.39, 0.29) is 0 Å². The summed E-state index contributed by atoms with van der Waals surface area (Å²) < 4.78 is 0. The van der Waals surface area contributed by atoms with Gasteiger partial charge in [0, 0.05) is 18.8 Å². The van der Waals surface area contributed by atoms with Crippen LogP contribution in [0.2, 0.25) is 0 Å². The molecule has 11 heavy (non-hydrogen) atoms. The third kappa shape index (κ3) is 1.27. The maximum Gasteiger partial charge on any atom is 0.0180 e. The van der Waals surface area contributed by atoms with Gasteiger partial charge in [0.15, 0.2) is 0 Å². The molecule has 1 fully saturated rings. The standard InChI is InChI=1S/C9H16N2/c10-4-1-9-7-8-2-5-11(9)6-3-8/h7-8H,1-6,10H2. The lowest BCUT2D eigenvalue weighted by Gasteiger charge is -2.40. The van der Waals surface area contributed by atoms with Crippen molar-refractivity contribution < 1.29 is 0 Å². The Hall–Kier alpha value is -0.500. The molecule has 0 aliphatic carbocycles. The highest BCUT2D eigenvalue weighted by Gasteiger charge is 2.24. The molecule has 0 aromatic heterocycles. The Bertz CT molecular complexity index is 166. The summed E-state index contributed by atoms with van der Waals surface area (Å²) in [4.78, 5) is 2.49. The van der Waals surface area contributed by atoms with Gasteiger partial charge < -0.3 is 10.6 Å². The zero-order chi connectivity index (χ0) is 7.68. The molecule has 0 amide bonds. The van der Waals surface area contributed by atoms with Crippen molar-refractivity contribution in [2.24, 2.45) is 11.7 Å². The first kappa shape index (κ1) is 7.17. The minimum absolute atomic E-state index is 0.801. The van der Waals surface area contributed by atoms with Crippen molar-refractivity contribution in [1.82, 2.24) is 4.90 Å². The van der Waals surface area contributed by atoms with E-state index in [0.717, 1.165) is 18.9 Å². The van der Waals surface area contributed by atoms with Crippen molar-refractivity contribution in [2.45, 2.75) is 19.3 Å². The van der Waals surface area contributed by atoms with E-state index in [0.29, 0.717) is 0 Å². The Labute approximate surface area is 68.1 Å². The van der Waals surface area contributed by atoms with Crippen molar-refractivity contribution in [3.63, 3.8) is 0 Å². The van der Waals surface area contributed by atoms with Gasteiger partial charge in [0.25, 0.3) is 0 Å². The number of allylic oxidation sites excluding steroid dienone is 1. The maximum absolute atomic E-state index is 5.52. The molecule has 2 heteroatoms. The van der Waals surface area contributed by atoms with E-state index in [1.807, 2.05) is 0 Å². The van der Waals surface area contributed by atoms with Gasteiger partial charge >= 0.3 is 0 Å². The van der Waals surface area contributed by atoms with E-state index >= 15 is 0 Å². The molecule has 2 N–H and O–H groups in total. The number of rotatable bonds is 2. The van der Waals surface area contributed by atoms with Crippen LogP contribution in [0, 0.1) is 5.92 Å². The van der Waals surface area contributed by atoms with Gasteiger partial charge in [0.1, 0.15) is 0 Å². The molecule has 0 aromatic carbocycles. The molecule has 2 bridgehead atoms. The quantitative estimate of drug-likeness (QED) is 0.638. The fourth-order valence-corrected chi connectivity index (χ4v) is 2.12. The number of nitrogens with zero attached hydrogens (tertiary/aromatic N) is 1. The highest BCUT2D eigenvalue weighted by atomic mass is 15.2. The van der Waals surface area contributed by atoms with Crippen molar-refractivity contribution in [1.29, 1.82) is 0 Å². The largest absolute Gasteiger partial charge is 0.375 e. The molecule has 1 saturated heterocycles. The molecule has 0 atom stereocenters. The predicted molar refractivity (Wildman–Crippen MR) is 46.1 cm³/mol. The van der Waals surface area contributed by atoms with E-state index in [2.05, 4.69) is 11.0 Å². The average molecular weight is 152 g/mol. The van der Waals surface area contributed by atoms with Gasteiger partial charge in [-0.1, -0.05) is 6.08 Å². The van der Waals surface area contributed by atoms with E-state index < -0.39 is 0 Å². The summed E-state index contributed by atoms with van der Waals surface area (Å²) in [5.74, 6) is 0.876. The Morgan fingerprint density at radius 3 is 2.64 bits per heavy atom. The minimum Gasteiger partial charge on any atom is -0.375 e. The van der Waals surface area contributed by atoms with Gasteiger partial charge in [-0.05, 0) is 31.7 Å². The van der Waals surface area contributed by atoms with Crippen molar-refractivity contribution in [3.8, 4) is 0 Å². The normalized spacial score (nSPS) is 24.1. The Balaban J connectivity index is 2.08. The lowest BCUT2D eigenvalue weighted by molar-refractivity contribution is 0.213. The van der Waals surface area contributed by atoms with E-state index in [1.54, 1.807) is 0 Å². The molecular formula is C9H16N2. The molecule has 3 aliphatic heterocycles. The summed E-state index contributed by atoms with van der Waals surface area (Å²) in [7, 11) is 0. The van der Waals surface area contributed by atoms with E-state index in [1.165, 1.54) is 31.6 Å². The van der Waals surface area contributed by atoms with Crippen molar-refractivity contribution >= 4 is 0 Å². The summed E-state index contributed by atoms with van der Waals surface area (Å²) in [6.07, 6.45) is 6.25. The molecule has 3 rings (SSSR count). The van der Waals surface area contributed by atoms with Gasteiger partial charge in [0.2, 0.25) is 0 Å². The molecule has 0 aromatic rings. The number of hydrogen-bond donors (Lipinski definition) is 1. The Morgan fingerprint density at radius 1 is 1.45 bits per heavy atom. The first-order chi connectivity index (χ1) is 5.40. The van der Waals surface area contributed by atoms with Crippen LogP contribution in [0.15, 0.2) is 11.8 Å². The number of nitrogens with two attached hydrogens (primary N) is 1. The average Bonchev–Trinajstić information content (AvgIpc) is 2.07. The zero-order valence-electron chi connectivity index (χ0n) is 6.92. The third-order valence-electron chi connectivity index (χ3n) is 2.77. The van der Waals surface area contributed by atoms with E-state index in [9.17, 15) is 0 Å². The summed E-state index contributed by atoms with van der Waals surface area (Å²) in [5.41, 5.74) is 7.03. The monoisotopic (exact) mass is 152 g/mol. The topological polar surface area (TPSA) is 29.3 Å². The van der Waals surface area contributed by atoms with Crippen LogP contribution in [0.25, 0.3) is 0 Å². The molecule has 2 nitrogen and oxygen atoms in total. The van der Waals surface area contributed by atoms with Crippen molar-refractivity contribution in [3.05, 3.63) is 11.8 Å². The summed E-state index contributed by atoms with van der Waals surface area (Å²) in [6.45, 7) is 3.35. The van der Waals surface area contributed by atoms with Crippen molar-refractivity contribution in [2.75, 3.05) is 19.6 Å². The highest BCUT2D eigenvalue weighted by Crippen LogP contribution is 2.30. The van der Waals surface area contributed by atoms with Crippen LogP contribution in [-0.4, -0.2) is 24.5 Å². The van der Waals surface area contributed by atoms with Gasteiger partial charge in [-0.2, -0.15) is 0 Å². The van der Waals surface area contributed by atoms with Gasteiger partial charge in [-0.25, -0.2) is 0 Å². The van der Waals surface area contributed by atoms with Crippen LogP contribution in [0.4, 0.5) is 0 Å². The van der Waals surface area contributed by atoms with Gasteiger partial charge in [-0.3, -0.25) is 0 Å². The SMILES string of the molecule is NCCC1=CC2CCN1CC2. The molecule has 62 valence electrons. The maximum atomic E-state index is 5.52. The fourth-order valence-electron chi connectivity index (χ4n) is 2.12.